The quantitative estimate of drug-likeness (QED) is 0.0659. The van der Waals surface area contributed by atoms with Gasteiger partial charge in [0.1, 0.15) is 92.0 Å². The molecule has 772 valence electrons. The molecule has 0 aromatic heterocycles. The summed E-state index contributed by atoms with van der Waals surface area (Å²) < 4.78 is 132. The van der Waals surface area contributed by atoms with Crippen LogP contribution >= 0.6 is 0 Å². The van der Waals surface area contributed by atoms with Crippen molar-refractivity contribution in [1.29, 1.82) is 0 Å². The van der Waals surface area contributed by atoms with Crippen molar-refractivity contribution in [1.82, 2.24) is 0 Å². The molecule has 0 aliphatic rings. The van der Waals surface area contributed by atoms with Gasteiger partial charge in [-0.1, -0.05) is 454 Å². The first-order chi connectivity index (χ1) is 69.5. The Morgan fingerprint density at radius 2 is 0.225 bits per heavy atom. The van der Waals surface area contributed by atoms with E-state index in [0.717, 1.165) is 129 Å². The summed E-state index contributed by atoms with van der Waals surface area (Å²) in [5.41, 5.74) is -1.60. The van der Waals surface area contributed by atoms with E-state index in [9.17, 15) is 26.3 Å². The Morgan fingerprint density at radius 3 is 0.345 bits per heavy atom. The van der Waals surface area contributed by atoms with Crippen molar-refractivity contribution in [3.63, 3.8) is 0 Å². The van der Waals surface area contributed by atoms with Gasteiger partial charge < -0.3 is 37.9 Å². The molecule has 0 fully saturated rings. The Bertz CT molecular complexity index is 4870. The number of halogens is 6. The number of para-hydroxylation sites is 8. The van der Waals surface area contributed by atoms with E-state index < -0.39 is 28.9 Å². The van der Waals surface area contributed by atoms with Crippen LogP contribution in [-0.4, -0.2) is 12.4 Å². The third-order valence-electron chi connectivity index (χ3n) is 17.3. The highest BCUT2D eigenvalue weighted by Crippen LogP contribution is 2.57. The van der Waals surface area contributed by atoms with E-state index in [0.29, 0.717) is 11.5 Å². The topological polar surface area (TPSA) is 73.8 Å². The van der Waals surface area contributed by atoms with E-state index >= 15 is 0 Å². The number of alkyl halides is 6. The molecule has 0 aliphatic heterocycles. The highest BCUT2D eigenvalue weighted by atomic mass is 19.4. The number of hydrogen-bond acceptors (Lipinski definition) is 8. The van der Waals surface area contributed by atoms with Crippen LogP contribution in [0.25, 0.3) is 11.1 Å². The Hall–Kier alpha value is -13.7. The third kappa shape index (κ3) is 50.4. The van der Waals surface area contributed by atoms with E-state index in [-0.39, 0.29) is 16.9 Å². The van der Waals surface area contributed by atoms with Crippen LogP contribution < -0.4 is 37.9 Å². The molecule has 15 aromatic rings. The Labute approximate surface area is 855 Å². The first-order valence-corrected chi connectivity index (χ1v) is 51.2. The fraction of sp³-hybridized carbons (Fsp3) is 0.297. The average Bonchev–Trinajstić information content (AvgIpc) is 0.715. The Morgan fingerprint density at radius 1 is 0.127 bits per heavy atom. The van der Waals surface area contributed by atoms with Crippen molar-refractivity contribution in [2.24, 2.45) is 0 Å². The Balaban J connectivity index is -0.000000540. The molecule has 0 radical (unpaired) electrons. The second kappa shape index (κ2) is 87.5. The van der Waals surface area contributed by atoms with Crippen molar-refractivity contribution in [2.45, 2.75) is 259 Å². The van der Waals surface area contributed by atoms with Crippen LogP contribution in [0.4, 0.5) is 26.3 Å². The normalized spacial score (nSPS) is 9.27. The lowest BCUT2D eigenvalue weighted by atomic mass is 9.73. The summed E-state index contributed by atoms with van der Waals surface area (Å²) in [5, 5.41) is 0. The number of rotatable bonds is 21. The molecule has 0 saturated carbocycles. The summed E-state index contributed by atoms with van der Waals surface area (Å²) in [6.07, 6.45) is -11.4. The molecule has 0 amide bonds. The van der Waals surface area contributed by atoms with E-state index in [1.54, 1.807) is 60.7 Å². The number of benzene rings is 15. The molecule has 142 heavy (non-hydrogen) atoms. The molecule has 0 N–H and O–H groups in total. The maximum absolute atomic E-state index is 14.4. The molecule has 15 rings (SSSR count). The smallest absolute Gasteiger partial charge is 0.411 e. The summed E-state index contributed by atoms with van der Waals surface area (Å²) in [4.78, 5) is 0. The summed E-state index contributed by atoms with van der Waals surface area (Å²) in [6, 6.07) is 123. The standard InChI is InChI=1S/C27H18F6O2.C27H24O2.C24H18O2.C18H14O2.16C2H6/c28-26(29,30)25(27(31,32)33,19-11-15-23(16-12-19)34-21-7-3-1-4-8-21)20-13-17-24(18-14-20)35-22-9-5-2-6-10-22;1-27(2,21-13-17-25(18-14-21)28-23-9-5-3-6-10-23)22-15-19-26(20-16-22)29-24-11-7-4-8-12-24;1-3-7-21(8-4-1)25-23-15-11-19(12-16-23)20-13-17-24(18-14-20)26-22-9-5-2-6-10-22;1-3-7-15(8-4-1)19-17-11-13-18(14-12-17)20-16-9-5-2-6-10-16;16*1-2/h1-18H;3-20H,1-2H3;1-18H;1-14H;16*1-2H3. The van der Waals surface area contributed by atoms with Gasteiger partial charge in [-0.15, -0.1) is 0 Å². The van der Waals surface area contributed by atoms with Crippen molar-refractivity contribution >= 4 is 0 Å². The van der Waals surface area contributed by atoms with Crippen LogP contribution in [-0.2, 0) is 10.8 Å². The van der Waals surface area contributed by atoms with Gasteiger partial charge in [0, 0.05) is 5.41 Å². The first kappa shape index (κ1) is 137. The predicted octanol–water partition coefficient (Wildman–Crippen LogP) is 44.9. The van der Waals surface area contributed by atoms with Crippen LogP contribution in [0.2, 0.25) is 0 Å². The largest absolute Gasteiger partial charge is 0.457 e. The van der Waals surface area contributed by atoms with Crippen molar-refractivity contribution in [2.75, 3.05) is 0 Å². The molecule has 0 aliphatic carbocycles. The molecule has 14 heteroatoms. The number of hydrogen-bond donors (Lipinski definition) is 0. The maximum Gasteiger partial charge on any atom is 0.411 e. The van der Waals surface area contributed by atoms with E-state index in [1.165, 1.54) is 11.1 Å². The minimum Gasteiger partial charge on any atom is -0.457 e. The highest BCUT2D eigenvalue weighted by molar-refractivity contribution is 5.65. The molecule has 0 spiro atoms. The minimum atomic E-state index is -5.69. The molecular formula is C128H170F6O8. The van der Waals surface area contributed by atoms with Crippen LogP contribution in [0.5, 0.6) is 92.0 Å². The zero-order valence-corrected chi connectivity index (χ0v) is 91.8. The van der Waals surface area contributed by atoms with Crippen molar-refractivity contribution in [3.05, 3.63) is 435 Å². The molecule has 0 bridgehead atoms. The lowest BCUT2D eigenvalue weighted by Gasteiger charge is -2.38. The first-order valence-electron chi connectivity index (χ1n) is 51.2. The summed E-state index contributed by atoms with van der Waals surface area (Å²) in [7, 11) is 0. The van der Waals surface area contributed by atoms with Crippen LogP contribution in [0.3, 0.4) is 0 Å². The van der Waals surface area contributed by atoms with Crippen LogP contribution in [0.1, 0.15) is 258 Å². The molecule has 8 nitrogen and oxygen atoms in total. The summed E-state index contributed by atoms with van der Waals surface area (Å²) in [5.74, 6) is 10.9. The maximum atomic E-state index is 14.4. The zero-order chi connectivity index (χ0) is 108. The average molecular weight is 1950 g/mol. The molecule has 15 aromatic carbocycles. The van der Waals surface area contributed by atoms with Crippen molar-refractivity contribution in [3.8, 4) is 103 Å². The van der Waals surface area contributed by atoms with Crippen LogP contribution in [0.15, 0.2) is 413 Å². The van der Waals surface area contributed by atoms with Gasteiger partial charge in [0.25, 0.3) is 0 Å². The minimum absolute atomic E-state index is 0.102. The molecule has 0 atom stereocenters. The van der Waals surface area contributed by atoms with Gasteiger partial charge in [0.2, 0.25) is 5.41 Å². The van der Waals surface area contributed by atoms with E-state index in [2.05, 4.69) is 62.4 Å². The van der Waals surface area contributed by atoms with Gasteiger partial charge in [-0.05, 0) is 228 Å². The zero-order valence-electron chi connectivity index (χ0n) is 91.8. The molecule has 0 saturated heterocycles. The number of ether oxygens (including phenoxy) is 8. The van der Waals surface area contributed by atoms with Gasteiger partial charge in [-0.2, -0.15) is 26.3 Å². The lowest BCUT2D eigenvalue weighted by molar-refractivity contribution is -0.288. The molecule has 0 unspecified atom stereocenters. The molecular weight excluding hydrogens is 1780 g/mol. The van der Waals surface area contributed by atoms with Crippen molar-refractivity contribution < 1.29 is 64.2 Å². The van der Waals surface area contributed by atoms with E-state index in [1.807, 2.05) is 476 Å². The van der Waals surface area contributed by atoms with Crippen LogP contribution in [0, 0.1) is 0 Å². The second-order valence-electron chi connectivity index (χ2n) is 25.3. The van der Waals surface area contributed by atoms with Gasteiger partial charge in [0.05, 0.1) is 0 Å². The second-order valence-corrected chi connectivity index (χ2v) is 25.3. The predicted molar refractivity (Wildman–Crippen MR) is 603 cm³/mol. The van der Waals surface area contributed by atoms with E-state index in [4.69, 9.17) is 37.9 Å². The summed E-state index contributed by atoms with van der Waals surface area (Å²) >= 11 is 0. The third-order valence-corrected chi connectivity index (χ3v) is 17.3. The van der Waals surface area contributed by atoms with Gasteiger partial charge in [0.15, 0.2) is 0 Å². The summed E-state index contributed by atoms with van der Waals surface area (Å²) in [6.45, 7) is 68.5. The highest BCUT2D eigenvalue weighted by Gasteiger charge is 2.72. The lowest BCUT2D eigenvalue weighted by Crippen LogP contribution is -2.54. The van der Waals surface area contributed by atoms with Gasteiger partial charge in [-0.25, -0.2) is 0 Å². The fourth-order valence-electron chi connectivity index (χ4n) is 11.6. The van der Waals surface area contributed by atoms with Gasteiger partial charge in [-0.3, -0.25) is 0 Å². The molecule has 0 heterocycles. The fourth-order valence-corrected chi connectivity index (χ4v) is 11.6. The van der Waals surface area contributed by atoms with Gasteiger partial charge >= 0.3 is 12.4 Å². The monoisotopic (exact) mass is 1950 g/mol. The Kier molecular flexibility index (Phi) is 84.3. The SMILES string of the molecule is CC.CC.CC.CC.CC.CC.CC.CC.CC.CC.CC.CC.CC.CC.CC.CC.CC(C)(c1ccc(Oc2ccccc2)cc1)c1ccc(Oc2ccccc2)cc1.FC(F)(F)C(c1ccc(Oc2ccccc2)cc1)(c1ccc(Oc2ccccc2)cc1)C(F)(F)F.c1ccc(Oc2ccc(-c3ccc(Oc4ccccc4)cc3)cc2)cc1.c1ccc(Oc2ccc(Oc3ccccc3)cc2)cc1.